The Morgan fingerprint density at radius 2 is 1.73 bits per heavy atom. The molecule has 6 nitrogen and oxygen atoms in total. The largest absolute Gasteiger partial charge is 0.462 e. The molecule has 0 spiro atoms. The van der Waals surface area contributed by atoms with E-state index >= 15 is 0 Å². The van der Waals surface area contributed by atoms with Crippen LogP contribution in [0.1, 0.15) is 30.4 Å². The average molecular weight is 325 g/mol. The Bertz CT molecular complexity index is 544. The molecule has 0 aliphatic rings. The highest BCUT2D eigenvalue weighted by Gasteiger charge is 2.22. The number of ether oxygens (including phenoxy) is 2. The second-order valence-corrected chi connectivity index (χ2v) is 5.16. The van der Waals surface area contributed by atoms with Gasteiger partial charge >= 0.3 is 11.9 Å². The molecule has 7 heteroatoms. The molecule has 0 saturated heterocycles. The van der Waals surface area contributed by atoms with Crippen LogP contribution < -0.4 is 4.90 Å². The van der Waals surface area contributed by atoms with E-state index in [4.69, 9.17) is 9.47 Å². The first-order valence-corrected chi connectivity index (χ1v) is 7.76. The van der Waals surface area contributed by atoms with E-state index in [1.165, 1.54) is 17.5 Å². The first kappa shape index (κ1) is 17.9. The van der Waals surface area contributed by atoms with Gasteiger partial charge in [0.05, 0.1) is 23.1 Å². The number of rotatable bonds is 8. The SMILES string of the molecule is CCOC(=O)C(=CN(CC)c1ccc(C=O)s1)C(=O)OCC. The fraction of sp³-hybridized carbons (Fsp3) is 0.400. The standard InChI is InChI=1S/C15H19NO5S/c1-4-16(13-8-7-11(10-17)22-13)9-12(14(18)20-5-2)15(19)21-6-3/h7-10H,4-6H2,1-3H3. The van der Waals surface area contributed by atoms with Crippen LogP contribution in [0, 0.1) is 0 Å². The van der Waals surface area contributed by atoms with E-state index in [1.54, 1.807) is 30.9 Å². The van der Waals surface area contributed by atoms with Gasteiger partial charge in [-0.05, 0) is 32.9 Å². The van der Waals surface area contributed by atoms with Gasteiger partial charge in [-0.2, -0.15) is 0 Å². The van der Waals surface area contributed by atoms with Gasteiger partial charge in [0, 0.05) is 12.7 Å². The summed E-state index contributed by atoms with van der Waals surface area (Å²) < 4.78 is 9.78. The van der Waals surface area contributed by atoms with E-state index in [9.17, 15) is 14.4 Å². The molecule has 0 unspecified atom stereocenters. The lowest BCUT2D eigenvalue weighted by molar-refractivity contribution is -0.146. The summed E-state index contributed by atoms with van der Waals surface area (Å²) in [6.45, 7) is 6.03. The van der Waals surface area contributed by atoms with Crippen LogP contribution in [-0.2, 0) is 19.1 Å². The van der Waals surface area contributed by atoms with Crippen LogP contribution in [0.4, 0.5) is 5.00 Å². The molecule has 0 saturated carbocycles. The summed E-state index contributed by atoms with van der Waals surface area (Å²) in [6, 6.07) is 3.43. The molecule has 0 N–H and O–H groups in total. The van der Waals surface area contributed by atoms with Gasteiger partial charge in [-0.1, -0.05) is 0 Å². The van der Waals surface area contributed by atoms with Crippen LogP contribution in [0.25, 0.3) is 0 Å². The predicted molar refractivity (Wildman–Crippen MR) is 84.1 cm³/mol. The Morgan fingerprint density at radius 3 is 2.14 bits per heavy atom. The van der Waals surface area contributed by atoms with Crippen molar-refractivity contribution in [1.82, 2.24) is 0 Å². The van der Waals surface area contributed by atoms with Crippen molar-refractivity contribution < 1.29 is 23.9 Å². The van der Waals surface area contributed by atoms with E-state index in [-0.39, 0.29) is 18.8 Å². The van der Waals surface area contributed by atoms with E-state index < -0.39 is 11.9 Å². The minimum atomic E-state index is -0.730. The Hall–Kier alpha value is -2.15. The number of thiophene rings is 1. The van der Waals surface area contributed by atoms with E-state index in [0.29, 0.717) is 11.4 Å². The second kappa shape index (κ2) is 8.99. The third-order valence-corrected chi connectivity index (χ3v) is 3.68. The molecule has 0 amide bonds. The first-order valence-electron chi connectivity index (χ1n) is 6.95. The number of aldehydes is 1. The Kier molecular flexibility index (Phi) is 7.31. The zero-order valence-electron chi connectivity index (χ0n) is 12.8. The maximum Gasteiger partial charge on any atom is 0.347 e. The van der Waals surface area contributed by atoms with Crippen LogP contribution in [0.15, 0.2) is 23.9 Å². The highest BCUT2D eigenvalue weighted by molar-refractivity contribution is 7.17. The van der Waals surface area contributed by atoms with Gasteiger partial charge in [0.15, 0.2) is 11.9 Å². The molecule has 0 aliphatic heterocycles. The van der Waals surface area contributed by atoms with E-state index in [0.717, 1.165) is 11.3 Å². The lowest BCUT2D eigenvalue weighted by atomic mass is 10.3. The number of esters is 2. The molecule has 120 valence electrons. The Morgan fingerprint density at radius 1 is 1.14 bits per heavy atom. The second-order valence-electron chi connectivity index (χ2n) is 4.06. The van der Waals surface area contributed by atoms with Crippen LogP contribution in [0.5, 0.6) is 0 Å². The van der Waals surface area contributed by atoms with E-state index in [2.05, 4.69) is 0 Å². The number of hydrogen-bond acceptors (Lipinski definition) is 7. The summed E-state index contributed by atoms with van der Waals surface area (Å²) in [4.78, 5) is 36.9. The molecule has 0 radical (unpaired) electrons. The first-order chi connectivity index (χ1) is 10.6. The molecule has 0 bridgehead atoms. The number of anilines is 1. The molecule has 1 aromatic rings. The highest BCUT2D eigenvalue weighted by Crippen LogP contribution is 2.26. The Balaban J connectivity index is 3.12. The topological polar surface area (TPSA) is 72.9 Å². The van der Waals surface area contributed by atoms with Crippen molar-refractivity contribution in [2.75, 3.05) is 24.7 Å². The molecule has 0 atom stereocenters. The number of hydrogen-bond donors (Lipinski definition) is 0. The maximum atomic E-state index is 11.9. The zero-order chi connectivity index (χ0) is 16.5. The van der Waals surface area contributed by atoms with Gasteiger partial charge < -0.3 is 14.4 Å². The fourth-order valence-electron chi connectivity index (χ4n) is 1.63. The molecule has 1 heterocycles. The van der Waals surface area contributed by atoms with Crippen LogP contribution in [0.3, 0.4) is 0 Å². The molecular formula is C15H19NO5S. The van der Waals surface area contributed by atoms with Crippen LogP contribution in [-0.4, -0.2) is 38.0 Å². The average Bonchev–Trinajstić information content (AvgIpc) is 2.97. The lowest BCUT2D eigenvalue weighted by Gasteiger charge is -2.17. The molecular weight excluding hydrogens is 306 g/mol. The van der Waals surface area contributed by atoms with Gasteiger partial charge in [0.1, 0.15) is 0 Å². The molecule has 0 aromatic carbocycles. The third-order valence-electron chi connectivity index (χ3n) is 2.63. The van der Waals surface area contributed by atoms with Gasteiger partial charge in [-0.3, -0.25) is 4.79 Å². The summed E-state index contributed by atoms with van der Waals surface area (Å²) in [6.07, 6.45) is 2.15. The van der Waals surface area contributed by atoms with E-state index in [1.807, 2.05) is 6.92 Å². The zero-order valence-corrected chi connectivity index (χ0v) is 13.6. The molecule has 22 heavy (non-hydrogen) atoms. The van der Waals surface area contributed by atoms with Crippen LogP contribution >= 0.6 is 11.3 Å². The minimum absolute atomic E-state index is 0.163. The van der Waals surface area contributed by atoms with Crippen LogP contribution in [0.2, 0.25) is 0 Å². The smallest absolute Gasteiger partial charge is 0.347 e. The van der Waals surface area contributed by atoms with Crippen molar-refractivity contribution in [3.8, 4) is 0 Å². The monoisotopic (exact) mass is 325 g/mol. The fourth-order valence-corrected chi connectivity index (χ4v) is 2.49. The normalized spacial score (nSPS) is 9.77. The summed E-state index contributed by atoms with van der Waals surface area (Å²) in [7, 11) is 0. The molecule has 1 aromatic heterocycles. The van der Waals surface area contributed by atoms with Crippen molar-refractivity contribution in [2.45, 2.75) is 20.8 Å². The van der Waals surface area contributed by atoms with Crippen molar-refractivity contribution in [2.24, 2.45) is 0 Å². The summed E-state index contributed by atoms with van der Waals surface area (Å²) in [5, 5.41) is 0.746. The summed E-state index contributed by atoms with van der Waals surface area (Å²) in [5.41, 5.74) is -0.174. The quantitative estimate of drug-likeness (QED) is 0.240. The van der Waals surface area contributed by atoms with Gasteiger partial charge in [0.25, 0.3) is 0 Å². The van der Waals surface area contributed by atoms with Gasteiger partial charge in [-0.15, -0.1) is 11.3 Å². The number of carbonyl (C=O) groups excluding carboxylic acids is 3. The predicted octanol–water partition coefficient (Wildman–Crippen LogP) is 2.40. The molecule has 0 fully saturated rings. The third kappa shape index (κ3) is 4.70. The molecule has 1 rings (SSSR count). The maximum absolute atomic E-state index is 11.9. The van der Waals surface area contributed by atoms with Gasteiger partial charge in [0.2, 0.25) is 0 Å². The van der Waals surface area contributed by atoms with Crippen molar-refractivity contribution in [3.05, 3.63) is 28.8 Å². The number of carbonyl (C=O) groups is 3. The Labute approximate surface area is 133 Å². The molecule has 0 aliphatic carbocycles. The van der Waals surface area contributed by atoms with Crippen molar-refractivity contribution in [3.63, 3.8) is 0 Å². The summed E-state index contributed by atoms with van der Waals surface area (Å²) in [5.74, 6) is -1.46. The highest BCUT2D eigenvalue weighted by atomic mass is 32.1. The van der Waals surface area contributed by atoms with Gasteiger partial charge in [-0.25, -0.2) is 9.59 Å². The minimum Gasteiger partial charge on any atom is -0.462 e. The van der Waals surface area contributed by atoms with Crippen molar-refractivity contribution in [1.29, 1.82) is 0 Å². The van der Waals surface area contributed by atoms with Crippen molar-refractivity contribution >= 4 is 34.6 Å². The number of nitrogens with zero attached hydrogens (tertiary/aromatic N) is 1. The summed E-state index contributed by atoms with van der Waals surface area (Å²) >= 11 is 1.27. The lowest BCUT2D eigenvalue weighted by Crippen LogP contribution is -2.23.